The number of rotatable bonds is 6. The molecule has 0 N–H and O–H groups in total. The van der Waals surface area contributed by atoms with Crippen LogP contribution in [-0.4, -0.2) is 17.9 Å². The van der Waals surface area contributed by atoms with Crippen LogP contribution in [0.3, 0.4) is 0 Å². The molecule has 24 heavy (non-hydrogen) atoms. The summed E-state index contributed by atoms with van der Waals surface area (Å²) in [7, 11) is 0. The highest BCUT2D eigenvalue weighted by molar-refractivity contribution is 6.35. The lowest BCUT2D eigenvalue weighted by atomic mass is 10.1. The molecule has 124 valence electrons. The van der Waals surface area contributed by atoms with Crippen LogP contribution in [0, 0.1) is 0 Å². The molecule has 0 aliphatic rings. The highest BCUT2D eigenvalue weighted by Crippen LogP contribution is 2.22. The molecule has 0 aromatic heterocycles. The largest absolute Gasteiger partial charge is 0.546 e. The molecule has 0 amide bonds. The van der Waals surface area contributed by atoms with E-state index in [4.69, 9.17) is 27.9 Å². The van der Waals surface area contributed by atoms with E-state index < -0.39 is 12.1 Å². The van der Waals surface area contributed by atoms with Crippen molar-refractivity contribution in [2.45, 2.75) is 13.0 Å². The number of carboxylic acid groups (broad SMARTS) is 1. The van der Waals surface area contributed by atoms with E-state index in [0.29, 0.717) is 26.9 Å². The fourth-order valence-electron chi connectivity index (χ4n) is 1.85. The molecular formula is C18H13Cl2O4-. The van der Waals surface area contributed by atoms with E-state index in [1.165, 1.54) is 25.1 Å². The van der Waals surface area contributed by atoms with E-state index >= 15 is 0 Å². The zero-order chi connectivity index (χ0) is 17.7. The number of benzene rings is 2. The summed E-state index contributed by atoms with van der Waals surface area (Å²) in [6, 6.07) is 11.1. The first-order chi connectivity index (χ1) is 11.4. The van der Waals surface area contributed by atoms with Gasteiger partial charge in [0.15, 0.2) is 5.78 Å². The summed E-state index contributed by atoms with van der Waals surface area (Å²) >= 11 is 11.9. The SMILES string of the molecule is C[C@@H](Oc1ccc(C(=O)/C=C/c2ccc(Cl)cc2Cl)cc1)C(=O)[O-]. The fourth-order valence-corrected chi connectivity index (χ4v) is 2.32. The number of hydrogen-bond acceptors (Lipinski definition) is 4. The molecule has 1 atom stereocenters. The molecule has 2 rings (SSSR count). The Morgan fingerprint density at radius 3 is 2.38 bits per heavy atom. The second-order valence-corrected chi connectivity index (χ2v) is 5.81. The van der Waals surface area contributed by atoms with Gasteiger partial charge in [-0.3, -0.25) is 4.79 Å². The Kier molecular flexibility index (Phi) is 6.01. The molecule has 6 heteroatoms. The lowest BCUT2D eigenvalue weighted by Crippen LogP contribution is -2.37. The third kappa shape index (κ3) is 4.85. The molecular weight excluding hydrogens is 351 g/mol. The topological polar surface area (TPSA) is 66.4 Å². The van der Waals surface area contributed by atoms with Gasteiger partial charge in [0.2, 0.25) is 0 Å². The summed E-state index contributed by atoms with van der Waals surface area (Å²) < 4.78 is 5.15. The Labute approximate surface area is 149 Å². The fraction of sp³-hybridized carbons (Fsp3) is 0.111. The third-order valence-electron chi connectivity index (χ3n) is 3.16. The smallest absolute Gasteiger partial charge is 0.185 e. The van der Waals surface area contributed by atoms with Crippen LogP contribution in [0.4, 0.5) is 0 Å². The van der Waals surface area contributed by atoms with Gasteiger partial charge < -0.3 is 14.6 Å². The summed E-state index contributed by atoms with van der Waals surface area (Å²) in [6.45, 7) is 1.37. The Balaban J connectivity index is 2.07. The molecule has 4 nitrogen and oxygen atoms in total. The molecule has 0 bridgehead atoms. The average Bonchev–Trinajstić information content (AvgIpc) is 2.54. The first kappa shape index (κ1) is 18.0. The Morgan fingerprint density at radius 2 is 1.79 bits per heavy atom. The van der Waals surface area contributed by atoms with Crippen molar-refractivity contribution in [3.05, 3.63) is 69.7 Å². The van der Waals surface area contributed by atoms with Gasteiger partial charge in [-0.2, -0.15) is 0 Å². The molecule has 0 saturated heterocycles. The van der Waals surface area contributed by atoms with Gasteiger partial charge in [0.05, 0.1) is 5.97 Å². The van der Waals surface area contributed by atoms with Crippen molar-refractivity contribution >= 4 is 41.0 Å². The second-order valence-electron chi connectivity index (χ2n) is 4.97. The molecule has 2 aromatic carbocycles. The van der Waals surface area contributed by atoms with Gasteiger partial charge >= 0.3 is 0 Å². The zero-order valence-corrected chi connectivity index (χ0v) is 14.2. The first-order valence-electron chi connectivity index (χ1n) is 7.02. The number of carbonyl (C=O) groups excluding carboxylic acids is 2. The minimum absolute atomic E-state index is 0.222. The van der Waals surface area contributed by atoms with Gasteiger partial charge in [-0.15, -0.1) is 0 Å². The van der Waals surface area contributed by atoms with Crippen LogP contribution in [0.25, 0.3) is 6.08 Å². The maximum atomic E-state index is 12.1. The Morgan fingerprint density at radius 1 is 1.12 bits per heavy atom. The van der Waals surface area contributed by atoms with Crippen LogP contribution < -0.4 is 9.84 Å². The number of ketones is 1. The average molecular weight is 364 g/mol. The quantitative estimate of drug-likeness (QED) is 0.582. The molecule has 2 aromatic rings. The van der Waals surface area contributed by atoms with Crippen LogP contribution in [0.5, 0.6) is 5.75 Å². The minimum atomic E-state index is -1.31. The summed E-state index contributed by atoms with van der Waals surface area (Å²) in [5, 5.41) is 11.6. The number of hydrogen-bond donors (Lipinski definition) is 0. The number of halogens is 2. The molecule has 0 saturated carbocycles. The van der Waals surface area contributed by atoms with Gasteiger partial charge in [-0.1, -0.05) is 29.3 Å². The van der Waals surface area contributed by atoms with Crippen molar-refractivity contribution < 1.29 is 19.4 Å². The monoisotopic (exact) mass is 363 g/mol. The van der Waals surface area contributed by atoms with Crippen molar-refractivity contribution in [2.75, 3.05) is 0 Å². The van der Waals surface area contributed by atoms with E-state index in [9.17, 15) is 14.7 Å². The van der Waals surface area contributed by atoms with Crippen molar-refractivity contribution in [1.29, 1.82) is 0 Å². The molecule has 0 fully saturated rings. The van der Waals surface area contributed by atoms with Crippen molar-refractivity contribution in [3.63, 3.8) is 0 Å². The highest BCUT2D eigenvalue weighted by atomic mass is 35.5. The molecule has 0 aliphatic heterocycles. The first-order valence-corrected chi connectivity index (χ1v) is 7.77. The van der Waals surface area contributed by atoms with E-state index in [-0.39, 0.29) is 5.78 Å². The lowest BCUT2D eigenvalue weighted by molar-refractivity contribution is -0.312. The van der Waals surface area contributed by atoms with Gasteiger partial charge in [-0.05, 0) is 61.0 Å². The normalized spacial score (nSPS) is 12.1. The Bertz CT molecular complexity index is 782. The maximum Gasteiger partial charge on any atom is 0.185 e. The van der Waals surface area contributed by atoms with E-state index in [1.54, 1.807) is 36.4 Å². The Hall–Kier alpha value is -2.30. The highest BCUT2D eigenvalue weighted by Gasteiger charge is 2.07. The minimum Gasteiger partial charge on any atom is -0.546 e. The van der Waals surface area contributed by atoms with E-state index in [0.717, 1.165) is 0 Å². The van der Waals surface area contributed by atoms with Crippen LogP contribution in [0.2, 0.25) is 10.0 Å². The third-order valence-corrected chi connectivity index (χ3v) is 3.72. The molecule has 0 radical (unpaired) electrons. The van der Waals surface area contributed by atoms with Crippen LogP contribution in [0.15, 0.2) is 48.5 Å². The summed E-state index contributed by atoms with van der Waals surface area (Å²) in [4.78, 5) is 22.8. The van der Waals surface area contributed by atoms with Gasteiger partial charge in [0.25, 0.3) is 0 Å². The lowest BCUT2D eigenvalue weighted by Gasteiger charge is -2.15. The summed E-state index contributed by atoms with van der Waals surface area (Å²) in [5.74, 6) is -1.19. The number of allylic oxidation sites excluding steroid dienone is 1. The van der Waals surface area contributed by atoms with Crippen molar-refractivity contribution in [2.24, 2.45) is 0 Å². The zero-order valence-electron chi connectivity index (χ0n) is 12.7. The molecule has 0 aliphatic carbocycles. The van der Waals surface area contributed by atoms with Crippen molar-refractivity contribution in [1.82, 2.24) is 0 Å². The number of ether oxygens (including phenoxy) is 1. The molecule has 0 heterocycles. The van der Waals surface area contributed by atoms with Gasteiger partial charge in [-0.25, -0.2) is 0 Å². The van der Waals surface area contributed by atoms with Gasteiger partial charge in [0.1, 0.15) is 11.9 Å². The molecule has 0 unspecified atom stereocenters. The summed E-state index contributed by atoms with van der Waals surface area (Å²) in [5.41, 5.74) is 1.11. The van der Waals surface area contributed by atoms with Crippen molar-refractivity contribution in [3.8, 4) is 5.75 Å². The van der Waals surface area contributed by atoms with Crippen LogP contribution >= 0.6 is 23.2 Å². The number of aliphatic carboxylic acids is 1. The van der Waals surface area contributed by atoms with Gasteiger partial charge in [0, 0.05) is 15.6 Å². The van der Waals surface area contributed by atoms with Crippen LogP contribution in [-0.2, 0) is 4.79 Å². The predicted molar refractivity (Wildman–Crippen MR) is 91.4 cm³/mol. The maximum absolute atomic E-state index is 12.1. The second kappa shape index (κ2) is 7.99. The summed E-state index contributed by atoms with van der Waals surface area (Å²) in [6.07, 6.45) is 1.93. The molecule has 0 spiro atoms. The van der Waals surface area contributed by atoms with E-state index in [2.05, 4.69) is 0 Å². The van der Waals surface area contributed by atoms with Crippen LogP contribution in [0.1, 0.15) is 22.8 Å². The van der Waals surface area contributed by atoms with E-state index in [1.807, 2.05) is 0 Å². The number of carboxylic acids is 1. The predicted octanol–water partition coefficient (Wildman–Crippen LogP) is 3.41. The number of carbonyl (C=O) groups is 2. The standard InChI is InChI=1S/C18H14Cl2O4/c1-11(18(22)23)24-15-7-3-13(4-8-15)17(21)9-5-12-2-6-14(19)10-16(12)20/h2-11H,1H3,(H,22,23)/p-1/b9-5+/t11-/m1/s1.